The van der Waals surface area contributed by atoms with E-state index < -0.39 is 6.03 Å². The minimum absolute atomic E-state index is 0.105. The van der Waals surface area contributed by atoms with Crippen LogP contribution < -0.4 is 20.2 Å². The Morgan fingerprint density at radius 1 is 0.706 bits per heavy atom. The summed E-state index contributed by atoms with van der Waals surface area (Å²) in [4.78, 5) is 13.3. The van der Waals surface area contributed by atoms with E-state index in [4.69, 9.17) is 4.74 Å². The minimum atomic E-state index is -0.441. The molecule has 5 rings (SSSR count). The normalized spacial score (nSPS) is 13.3. The van der Waals surface area contributed by atoms with Crippen LogP contribution in [0.3, 0.4) is 0 Å². The van der Waals surface area contributed by atoms with Gasteiger partial charge in [-0.25, -0.2) is 4.79 Å². The molecule has 0 atom stereocenters. The number of nitrogens with zero attached hydrogens (tertiary/aromatic N) is 4. The molecule has 0 saturated heterocycles. The van der Waals surface area contributed by atoms with Crippen LogP contribution in [-0.2, 0) is 6.61 Å². The van der Waals surface area contributed by atoms with Crippen LogP contribution in [-0.4, -0.2) is 17.0 Å². The Hall–Kier alpha value is -4.78. The van der Waals surface area contributed by atoms with Crippen molar-refractivity contribution >= 4 is 23.2 Å². The number of rotatable bonds is 6. The second kappa shape index (κ2) is 9.38. The number of anilines is 2. The molecule has 0 spiro atoms. The van der Waals surface area contributed by atoms with Crippen molar-refractivity contribution in [3.8, 4) is 11.5 Å². The van der Waals surface area contributed by atoms with Crippen molar-refractivity contribution in [2.24, 2.45) is 5.10 Å². The number of hydrogen-bond acceptors (Lipinski definition) is 4. The SMILES string of the molecule is O=C1N(c2ccc(OCc3ccccc3)cc2)[N]C(c2ccccc2)=NN1c1ccc(O)cc1. The average Bonchev–Trinajstić information content (AvgIpc) is 2.90. The number of urea groups is 1. The fourth-order valence-electron chi connectivity index (χ4n) is 3.44. The molecular formula is C27H21N4O3. The second-order valence-corrected chi connectivity index (χ2v) is 7.58. The van der Waals surface area contributed by atoms with E-state index in [1.54, 1.807) is 36.4 Å². The summed E-state index contributed by atoms with van der Waals surface area (Å²) in [6.07, 6.45) is 0. The van der Waals surface area contributed by atoms with Gasteiger partial charge in [-0.15, -0.1) is 10.5 Å². The van der Waals surface area contributed by atoms with E-state index in [1.807, 2.05) is 60.7 Å². The van der Waals surface area contributed by atoms with Crippen molar-refractivity contribution < 1.29 is 14.6 Å². The molecular weight excluding hydrogens is 428 g/mol. The Bertz CT molecular complexity index is 1290. The highest BCUT2D eigenvalue weighted by atomic mass is 16.5. The minimum Gasteiger partial charge on any atom is -0.508 e. The van der Waals surface area contributed by atoms with Crippen molar-refractivity contribution in [3.63, 3.8) is 0 Å². The Morgan fingerprint density at radius 3 is 1.97 bits per heavy atom. The molecule has 1 aliphatic heterocycles. The third-order valence-electron chi connectivity index (χ3n) is 5.21. The summed E-state index contributed by atoms with van der Waals surface area (Å²) in [6.45, 7) is 0.451. The smallest absolute Gasteiger partial charge is 0.370 e. The van der Waals surface area contributed by atoms with E-state index in [-0.39, 0.29) is 5.75 Å². The lowest BCUT2D eigenvalue weighted by atomic mass is 10.2. The van der Waals surface area contributed by atoms with E-state index in [0.717, 1.165) is 11.1 Å². The maximum atomic E-state index is 13.3. The molecule has 4 aromatic rings. The maximum absolute atomic E-state index is 13.3. The molecule has 7 heteroatoms. The number of benzene rings is 4. The molecule has 0 bridgehead atoms. The fraction of sp³-hybridized carbons (Fsp3) is 0.0370. The number of phenolic OH excluding ortho intramolecular Hbond substituents is 1. The van der Waals surface area contributed by atoms with Gasteiger partial charge in [0.25, 0.3) is 0 Å². The third kappa shape index (κ3) is 4.54. The van der Waals surface area contributed by atoms with Crippen LogP contribution >= 0.6 is 0 Å². The number of aromatic hydroxyl groups is 1. The quantitative estimate of drug-likeness (QED) is 0.434. The van der Waals surface area contributed by atoms with Gasteiger partial charge in [-0.05, 0) is 54.1 Å². The molecule has 0 saturated carbocycles. The zero-order valence-corrected chi connectivity index (χ0v) is 18.2. The van der Waals surface area contributed by atoms with E-state index in [1.165, 1.54) is 22.2 Å². The molecule has 34 heavy (non-hydrogen) atoms. The first-order valence-corrected chi connectivity index (χ1v) is 10.7. The number of amides is 2. The summed E-state index contributed by atoms with van der Waals surface area (Å²) in [5.41, 5.74) is 7.45. The Morgan fingerprint density at radius 2 is 1.29 bits per heavy atom. The lowest BCUT2D eigenvalue weighted by Crippen LogP contribution is -2.52. The summed E-state index contributed by atoms with van der Waals surface area (Å²) in [5.74, 6) is 1.18. The van der Waals surface area contributed by atoms with Crippen molar-refractivity contribution in [3.05, 3.63) is 120 Å². The zero-order chi connectivity index (χ0) is 23.3. The van der Waals surface area contributed by atoms with Gasteiger partial charge in [0, 0.05) is 5.56 Å². The van der Waals surface area contributed by atoms with Crippen molar-refractivity contribution in [2.75, 3.05) is 10.0 Å². The molecule has 0 aromatic heterocycles. The zero-order valence-electron chi connectivity index (χ0n) is 18.2. The average molecular weight is 449 g/mol. The second-order valence-electron chi connectivity index (χ2n) is 7.58. The van der Waals surface area contributed by atoms with Gasteiger partial charge in [0.1, 0.15) is 18.1 Å². The summed E-state index contributed by atoms with van der Waals surface area (Å²) < 4.78 is 5.86. The third-order valence-corrected chi connectivity index (χ3v) is 5.21. The van der Waals surface area contributed by atoms with Gasteiger partial charge in [-0.3, -0.25) is 0 Å². The highest BCUT2D eigenvalue weighted by molar-refractivity contribution is 6.12. The van der Waals surface area contributed by atoms with Gasteiger partial charge in [0.2, 0.25) is 0 Å². The number of amidine groups is 1. The van der Waals surface area contributed by atoms with E-state index in [9.17, 15) is 9.90 Å². The maximum Gasteiger partial charge on any atom is 0.370 e. The monoisotopic (exact) mass is 449 g/mol. The molecule has 1 radical (unpaired) electrons. The number of carbonyl (C=O) groups is 1. The predicted octanol–water partition coefficient (Wildman–Crippen LogP) is 5.30. The molecule has 4 aromatic carbocycles. The van der Waals surface area contributed by atoms with Crippen LogP contribution in [0.5, 0.6) is 11.5 Å². The largest absolute Gasteiger partial charge is 0.508 e. The van der Waals surface area contributed by atoms with Gasteiger partial charge in [-0.2, -0.15) is 10.0 Å². The van der Waals surface area contributed by atoms with E-state index in [2.05, 4.69) is 10.5 Å². The summed E-state index contributed by atoms with van der Waals surface area (Å²) in [6, 6.07) is 32.4. The Kier molecular flexibility index (Phi) is 5.82. The summed E-state index contributed by atoms with van der Waals surface area (Å²) in [7, 11) is 0. The first-order valence-electron chi connectivity index (χ1n) is 10.7. The van der Waals surface area contributed by atoms with Crippen molar-refractivity contribution in [2.45, 2.75) is 6.61 Å². The Labute approximate surface area is 197 Å². The van der Waals surface area contributed by atoms with Gasteiger partial charge in [-0.1, -0.05) is 60.7 Å². The lowest BCUT2D eigenvalue weighted by molar-refractivity contribution is 0.249. The van der Waals surface area contributed by atoms with Crippen LogP contribution in [0.15, 0.2) is 114 Å². The van der Waals surface area contributed by atoms with Gasteiger partial charge >= 0.3 is 6.03 Å². The predicted molar refractivity (Wildman–Crippen MR) is 131 cm³/mol. The van der Waals surface area contributed by atoms with Gasteiger partial charge < -0.3 is 9.84 Å². The van der Waals surface area contributed by atoms with Crippen LogP contribution in [0.2, 0.25) is 0 Å². The first kappa shape index (κ1) is 21.1. The number of phenols is 1. The van der Waals surface area contributed by atoms with Gasteiger partial charge in [0.05, 0.1) is 11.4 Å². The molecule has 2 amide bonds. The molecule has 1 heterocycles. The van der Waals surface area contributed by atoms with Crippen LogP contribution in [0.25, 0.3) is 0 Å². The number of carbonyl (C=O) groups excluding carboxylic acids is 1. The number of hydrazone groups is 1. The molecule has 1 aliphatic rings. The molecule has 1 N–H and O–H groups in total. The first-order chi connectivity index (χ1) is 16.7. The summed E-state index contributed by atoms with van der Waals surface area (Å²) >= 11 is 0. The topological polar surface area (TPSA) is 79.5 Å². The van der Waals surface area contributed by atoms with Crippen molar-refractivity contribution in [1.82, 2.24) is 5.43 Å². The fourth-order valence-corrected chi connectivity index (χ4v) is 3.44. The molecule has 167 valence electrons. The number of ether oxygens (including phenoxy) is 1. The lowest BCUT2D eigenvalue weighted by Gasteiger charge is -2.31. The number of hydrogen-bond donors (Lipinski definition) is 1. The Balaban J connectivity index is 1.41. The molecule has 0 aliphatic carbocycles. The standard InChI is InChI=1S/C27H21N4O3/c32-24-15-11-22(12-16-24)30-27(33)31(29-26(28-30)21-9-5-2-6-10-21)23-13-17-25(18-14-23)34-19-20-7-3-1-4-8-20/h1-18,32H,19H2. The molecule has 7 nitrogen and oxygen atoms in total. The van der Waals surface area contributed by atoms with Crippen LogP contribution in [0, 0.1) is 0 Å². The molecule has 0 unspecified atom stereocenters. The highest BCUT2D eigenvalue weighted by Gasteiger charge is 2.32. The van der Waals surface area contributed by atoms with Crippen LogP contribution in [0.4, 0.5) is 16.2 Å². The van der Waals surface area contributed by atoms with Gasteiger partial charge in [0.15, 0.2) is 5.84 Å². The van der Waals surface area contributed by atoms with Crippen LogP contribution in [0.1, 0.15) is 11.1 Å². The van der Waals surface area contributed by atoms with E-state index >= 15 is 0 Å². The molecule has 0 fully saturated rings. The van der Waals surface area contributed by atoms with Crippen molar-refractivity contribution in [1.29, 1.82) is 0 Å². The van der Waals surface area contributed by atoms with E-state index in [0.29, 0.717) is 29.6 Å². The summed E-state index contributed by atoms with van der Waals surface area (Å²) in [5, 5.41) is 16.7. The highest BCUT2D eigenvalue weighted by Crippen LogP contribution is 2.27.